The number of anilines is 1. The SMILES string of the molecule is CNc1c(C)cc(C)c(C)c1C. The van der Waals surface area contributed by atoms with Crippen LogP contribution in [0.1, 0.15) is 22.3 Å². The van der Waals surface area contributed by atoms with Crippen LogP contribution in [-0.4, -0.2) is 7.05 Å². The van der Waals surface area contributed by atoms with Gasteiger partial charge in [-0.15, -0.1) is 0 Å². The van der Waals surface area contributed by atoms with Crippen molar-refractivity contribution in [3.63, 3.8) is 0 Å². The summed E-state index contributed by atoms with van der Waals surface area (Å²) in [5.74, 6) is 0. The molecule has 0 heterocycles. The number of hydrogen-bond donors (Lipinski definition) is 1. The summed E-state index contributed by atoms with van der Waals surface area (Å²) in [5, 5.41) is 3.23. The highest BCUT2D eigenvalue weighted by molar-refractivity contribution is 5.60. The lowest BCUT2D eigenvalue weighted by Gasteiger charge is -2.13. The fourth-order valence-electron chi connectivity index (χ4n) is 1.67. The third kappa shape index (κ3) is 1.31. The molecule has 0 spiro atoms. The van der Waals surface area contributed by atoms with Crippen LogP contribution >= 0.6 is 0 Å². The molecule has 1 N–H and O–H groups in total. The second-order valence-electron chi connectivity index (χ2n) is 3.39. The molecule has 12 heavy (non-hydrogen) atoms. The predicted molar refractivity (Wildman–Crippen MR) is 54.9 cm³/mol. The molecule has 0 fully saturated rings. The Bertz CT molecular complexity index is 300. The zero-order valence-electron chi connectivity index (χ0n) is 8.58. The summed E-state index contributed by atoms with van der Waals surface area (Å²) in [6.45, 7) is 8.65. The maximum atomic E-state index is 3.23. The van der Waals surface area contributed by atoms with Crippen LogP contribution in [0.2, 0.25) is 0 Å². The van der Waals surface area contributed by atoms with Crippen molar-refractivity contribution in [2.24, 2.45) is 0 Å². The van der Waals surface area contributed by atoms with Gasteiger partial charge in [-0.05, 0) is 49.9 Å². The molecular weight excluding hydrogens is 146 g/mol. The van der Waals surface area contributed by atoms with E-state index in [1.54, 1.807) is 0 Å². The highest BCUT2D eigenvalue weighted by Gasteiger charge is 2.05. The number of rotatable bonds is 1. The standard InChI is InChI=1S/C11H17N/c1-7-6-8(2)11(12-5)10(4)9(7)3/h6,12H,1-5H3. The highest BCUT2D eigenvalue weighted by atomic mass is 14.8. The predicted octanol–water partition coefficient (Wildman–Crippen LogP) is 2.96. The molecular formula is C11H17N. The summed E-state index contributed by atoms with van der Waals surface area (Å²) in [5.41, 5.74) is 6.75. The van der Waals surface area contributed by atoms with Gasteiger partial charge in [0.1, 0.15) is 0 Å². The topological polar surface area (TPSA) is 12.0 Å². The summed E-state index contributed by atoms with van der Waals surface area (Å²) >= 11 is 0. The average Bonchev–Trinajstić information content (AvgIpc) is 2.01. The maximum absolute atomic E-state index is 3.23. The summed E-state index contributed by atoms with van der Waals surface area (Å²) < 4.78 is 0. The average molecular weight is 163 g/mol. The minimum atomic E-state index is 1.28. The zero-order valence-corrected chi connectivity index (χ0v) is 8.58. The first-order valence-corrected chi connectivity index (χ1v) is 4.33. The van der Waals surface area contributed by atoms with Crippen molar-refractivity contribution in [3.8, 4) is 0 Å². The molecule has 0 aliphatic carbocycles. The number of hydrogen-bond acceptors (Lipinski definition) is 1. The van der Waals surface area contributed by atoms with Gasteiger partial charge in [-0.25, -0.2) is 0 Å². The molecule has 0 aliphatic heterocycles. The van der Waals surface area contributed by atoms with Crippen molar-refractivity contribution in [3.05, 3.63) is 28.3 Å². The fourth-order valence-corrected chi connectivity index (χ4v) is 1.67. The van der Waals surface area contributed by atoms with Gasteiger partial charge in [-0.2, -0.15) is 0 Å². The summed E-state index contributed by atoms with van der Waals surface area (Å²) in [6.07, 6.45) is 0. The van der Waals surface area contributed by atoms with E-state index in [2.05, 4.69) is 39.1 Å². The molecule has 0 saturated carbocycles. The van der Waals surface area contributed by atoms with E-state index in [0.29, 0.717) is 0 Å². The van der Waals surface area contributed by atoms with Crippen LogP contribution in [0, 0.1) is 27.7 Å². The minimum absolute atomic E-state index is 1.28. The molecule has 0 amide bonds. The van der Waals surface area contributed by atoms with E-state index in [-0.39, 0.29) is 0 Å². The first-order chi connectivity index (χ1) is 5.57. The van der Waals surface area contributed by atoms with Gasteiger partial charge >= 0.3 is 0 Å². The minimum Gasteiger partial charge on any atom is -0.388 e. The Hall–Kier alpha value is -0.980. The largest absolute Gasteiger partial charge is 0.388 e. The second kappa shape index (κ2) is 3.18. The van der Waals surface area contributed by atoms with Crippen LogP contribution in [0.4, 0.5) is 5.69 Å². The lowest BCUT2D eigenvalue weighted by Crippen LogP contribution is -1.98. The van der Waals surface area contributed by atoms with E-state index in [4.69, 9.17) is 0 Å². The van der Waals surface area contributed by atoms with Crippen molar-refractivity contribution in [2.75, 3.05) is 12.4 Å². The Morgan fingerprint density at radius 1 is 0.917 bits per heavy atom. The molecule has 0 aromatic heterocycles. The van der Waals surface area contributed by atoms with Crippen LogP contribution in [-0.2, 0) is 0 Å². The number of benzene rings is 1. The molecule has 1 rings (SSSR count). The van der Waals surface area contributed by atoms with E-state index in [1.165, 1.54) is 27.9 Å². The van der Waals surface area contributed by atoms with Gasteiger partial charge in [0.2, 0.25) is 0 Å². The van der Waals surface area contributed by atoms with Crippen molar-refractivity contribution >= 4 is 5.69 Å². The van der Waals surface area contributed by atoms with Crippen LogP contribution in [0.3, 0.4) is 0 Å². The van der Waals surface area contributed by atoms with Gasteiger partial charge in [0.25, 0.3) is 0 Å². The molecule has 0 atom stereocenters. The van der Waals surface area contributed by atoms with Gasteiger partial charge in [-0.1, -0.05) is 6.07 Å². The van der Waals surface area contributed by atoms with Crippen LogP contribution in [0.25, 0.3) is 0 Å². The molecule has 1 aromatic rings. The van der Waals surface area contributed by atoms with Gasteiger partial charge in [0, 0.05) is 12.7 Å². The van der Waals surface area contributed by atoms with E-state index in [1.807, 2.05) is 7.05 Å². The molecule has 0 saturated heterocycles. The first-order valence-electron chi connectivity index (χ1n) is 4.33. The van der Waals surface area contributed by atoms with E-state index >= 15 is 0 Å². The smallest absolute Gasteiger partial charge is 0.0399 e. The molecule has 0 aliphatic rings. The molecule has 1 aromatic carbocycles. The Labute approximate surface area is 74.8 Å². The van der Waals surface area contributed by atoms with Crippen LogP contribution < -0.4 is 5.32 Å². The fraction of sp³-hybridized carbons (Fsp3) is 0.455. The van der Waals surface area contributed by atoms with E-state index in [0.717, 1.165) is 0 Å². The summed E-state index contributed by atoms with van der Waals surface area (Å²) in [4.78, 5) is 0. The lowest BCUT2D eigenvalue weighted by molar-refractivity contribution is 1.22. The third-order valence-electron chi connectivity index (χ3n) is 2.61. The van der Waals surface area contributed by atoms with Crippen LogP contribution in [0.5, 0.6) is 0 Å². The Morgan fingerprint density at radius 3 is 2.00 bits per heavy atom. The summed E-state index contributed by atoms with van der Waals surface area (Å²) in [6, 6.07) is 2.23. The maximum Gasteiger partial charge on any atom is 0.0399 e. The molecule has 0 radical (unpaired) electrons. The Morgan fingerprint density at radius 2 is 1.50 bits per heavy atom. The quantitative estimate of drug-likeness (QED) is 0.671. The van der Waals surface area contributed by atoms with Gasteiger partial charge in [0.15, 0.2) is 0 Å². The van der Waals surface area contributed by atoms with E-state index < -0.39 is 0 Å². The number of nitrogens with one attached hydrogen (secondary N) is 1. The van der Waals surface area contributed by atoms with Crippen molar-refractivity contribution in [2.45, 2.75) is 27.7 Å². The van der Waals surface area contributed by atoms with E-state index in [9.17, 15) is 0 Å². The molecule has 66 valence electrons. The number of aryl methyl sites for hydroxylation is 2. The Kier molecular flexibility index (Phi) is 2.41. The molecule has 1 heteroatoms. The second-order valence-corrected chi connectivity index (χ2v) is 3.39. The molecule has 0 bridgehead atoms. The Balaban J connectivity index is 3.40. The van der Waals surface area contributed by atoms with Crippen molar-refractivity contribution in [1.82, 2.24) is 0 Å². The van der Waals surface area contributed by atoms with Crippen LogP contribution in [0.15, 0.2) is 6.07 Å². The normalized spacial score (nSPS) is 10.1. The third-order valence-corrected chi connectivity index (χ3v) is 2.61. The molecule has 1 nitrogen and oxygen atoms in total. The zero-order chi connectivity index (χ0) is 9.30. The monoisotopic (exact) mass is 163 g/mol. The van der Waals surface area contributed by atoms with Gasteiger partial charge < -0.3 is 5.32 Å². The van der Waals surface area contributed by atoms with Gasteiger partial charge in [-0.3, -0.25) is 0 Å². The lowest BCUT2D eigenvalue weighted by atomic mass is 9.99. The van der Waals surface area contributed by atoms with Gasteiger partial charge in [0.05, 0.1) is 0 Å². The first kappa shape index (κ1) is 9.11. The van der Waals surface area contributed by atoms with Crippen molar-refractivity contribution < 1.29 is 0 Å². The molecule has 0 unspecified atom stereocenters. The van der Waals surface area contributed by atoms with Crippen molar-refractivity contribution in [1.29, 1.82) is 0 Å². The summed E-state index contributed by atoms with van der Waals surface area (Å²) in [7, 11) is 1.98. The highest BCUT2D eigenvalue weighted by Crippen LogP contribution is 2.25.